The summed E-state index contributed by atoms with van der Waals surface area (Å²) in [5.41, 5.74) is 0.205. The second-order valence-corrected chi connectivity index (χ2v) is 5.49. The van der Waals surface area contributed by atoms with Gasteiger partial charge >= 0.3 is 5.97 Å². The van der Waals surface area contributed by atoms with Gasteiger partial charge in [-0.1, -0.05) is 27.7 Å². The molecular formula is C12H23NO4. The number of carbonyl (C=O) groups is 2. The zero-order chi connectivity index (χ0) is 13.5. The third kappa shape index (κ3) is 9.81. The Kier molecular flexibility index (Phi) is 6.80. The molecule has 100 valence electrons. The van der Waals surface area contributed by atoms with Crippen molar-refractivity contribution in [2.75, 3.05) is 19.8 Å². The normalized spacial score (nSPS) is 13.0. The molecule has 0 saturated carbocycles. The van der Waals surface area contributed by atoms with Crippen LogP contribution < -0.4 is 5.32 Å². The fourth-order valence-corrected chi connectivity index (χ4v) is 1.62. The first kappa shape index (κ1) is 15.9. The summed E-state index contributed by atoms with van der Waals surface area (Å²) in [6, 6.07) is 0. The van der Waals surface area contributed by atoms with E-state index in [1.165, 1.54) is 0 Å². The van der Waals surface area contributed by atoms with Gasteiger partial charge in [-0.3, -0.25) is 9.59 Å². The van der Waals surface area contributed by atoms with Crippen molar-refractivity contribution in [3.8, 4) is 0 Å². The summed E-state index contributed by atoms with van der Waals surface area (Å²) in [5.74, 6) is -0.773. The summed E-state index contributed by atoms with van der Waals surface area (Å²) in [6.07, 6.45) is 0.962. The summed E-state index contributed by atoms with van der Waals surface area (Å²) in [5, 5.41) is 10.7. The van der Waals surface area contributed by atoms with Crippen LogP contribution in [0.3, 0.4) is 0 Å². The van der Waals surface area contributed by atoms with E-state index in [1.807, 2.05) is 6.92 Å². The summed E-state index contributed by atoms with van der Waals surface area (Å²) in [6.45, 7) is 7.96. The SMILES string of the molecule is CC(COC(=O)CNC(=O)CO)CC(C)(C)C. The molecule has 1 atom stereocenters. The van der Waals surface area contributed by atoms with Crippen LogP contribution in [0.4, 0.5) is 0 Å². The lowest BCUT2D eigenvalue weighted by Gasteiger charge is -2.22. The fourth-order valence-electron chi connectivity index (χ4n) is 1.62. The van der Waals surface area contributed by atoms with Gasteiger partial charge in [-0.2, -0.15) is 0 Å². The topological polar surface area (TPSA) is 75.6 Å². The Morgan fingerprint density at radius 1 is 1.35 bits per heavy atom. The number of ether oxygens (including phenoxy) is 1. The van der Waals surface area contributed by atoms with Crippen LogP contribution >= 0.6 is 0 Å². The van der Waals surface area contributed by atoms with Gasteiger partial charge in [0.2, 0.25) is 5.91 Å². The summed E-state index contributed by atoms with van der Waals surface area (Å²) < 4.78 is 5.01. The van der Waals surface area contributed by atoms with Crippen molar-refractivity contribution in [2.45, 2.75) is 34.1 Å². The van der Waals surface area contributed by atoms with Crippen LogP contribution in [0.2, 0.25) is 0 Å². The van der Waals surface area contributed by atoms with E-state index in [2.05, 4.69) is 26.1 Å². The summed E-state index contributed by atoms with van der Waals surface area (Å²) in [7, 11) is 0. The van der Waals surface area contributed by atoms with E-state index in [0.717, 1.165) is 6.42 Å². The molecule has 0 bridgehead atoms. The molecule has 5 heteroatoms. The third-order valence-electron chi connectivity index (χ3n) is 2.06. The molecule has 5 nitrogen and oxygen atoms in total. The first-order valence-corrected chi connectivity index (χ1v) is 5.78. The van der Waals surface area contributed by atoms with Gasteiger partial charge in [0.15, 0.2) is 0 Å². The van der Waals surface area contributed by atoms with Crippen LogP contribution in [-0.2, 0) is 14.3 Å². The monoisotopic (exact) mass is 245 g/mol. The minimum absolute atomic E-state index is 0.193. The Morgan fingerprint density at radius 2 is 1.94 bits per heavy atom. The maximum Gasteiger partial charge on any atom is 0.325 e. The van der Waals surface area contributed by atoms with Crippen molar-refractivity contribution < 1.29 is 19.4 Å². The molecule has 0 fully saturated rings. The first-order chi connectivity index (χ1) is 7.74. The second kappa shape index (κ2) is 7.27. The predicted octanol–water partition coefficient (Wildman–Crippen LogP) is 0.710. The molecule has 17 heavy (non-hydrogen) atoms. The van der Waals surface area contributed by atoms with Crippen LogP contribution in [0.25, 0.3) is 0 Å². The molecule has 0 spiro atoms. The number of carbonyl (C=O) groups excluding carboxylic acids is 2. The molecular weight excluding hydrogens is 222 g/mol. The molecule has 0 aromatic rings. The smallest absolute Gasteiger partial charge is 0.325 e. The number of amides is 1. The molecule has 0 aromatic heterocycles. The van der Waals surface area contributed by atoms with Crippen molar-refractivity contribution in [1.82, 2.24) is 5.32 Å². The molecule has 0 aliphatic rings. The Balaban J connectivity index is 3.73. The lowest BCUT2D eigenvalue weighted by molar-refractivity contribution is -0.145. The van der Waals surface area contributed by atoms with Gasteiger partial charge in [0.05, 0.1) is 6.61 Å². The zero-order valence-corrected chi connectivity index (χ0v) is 11.1. The highest BCUT2D eigenvalue weighted by atomic mass is 16.5. The highest BCUT2D eigenvalue weighted by molar-refractivity contribution is 5.82. The van der Waals surface area contributed by atoms with E-state index in [4.69, 9.17) is 9.84 Å². The largest absolute Gasteiger partial charge is 0.464 e. The highest BCUT2D eigenvalue weighted by Crippen LogP contribution is 2.24. The summed E-state index contributed by atoms with van der Waals surface area (Å²) >= 11 is 0. The standard InChI is InChI=1S/C12H23NO4/c1-9(5-12(2,3)4)8-17-11(16)6-13-10(15)7-14/h9,14H,5-8H2,1-4H3,(H,13,15). The molecule has 0 rings (SSSR count). The molecule has 1 unspecified atom stereocenters. The number of nitrogens with one attached hydrogen (secondary N) is 1. The van der Waals surface area contributed by atoms with E-state index >= 15 is 0 Å². The van der Waals surface area contributed by atoms with E-state index in [0.29, 0.717) is 6.61 Å². The van der Waals surface area contributed by atoms with Gasteiger partial charge in [-0.25, -0.2) is 0 Å². The molecule has 0 saturated heterocycles. The van der Waals surface area contributed by atoms with Crippen LogP contribution in [-0.4, -0.2) is 36.7 Å². The van der Waals surface area contributed by atoms with Crippen molar-refractivity contribution in [3.63, 3.8) is 0 Å². The summed E-state index contributed by atoms with van der Waals surface area (Å²) in [4.78, 5) is 21.9. The first-order valence-electron chi connectivity index (χ1n) is 5.78. The maximum atomic E-state index is 11.2. The van der Waals surface area contributed by atoms with Gasteiger partial charge in [0.1, 0.15) is 13.2 Å². The Morgan fingerprint density at radius 3 is 2.41 bits per heavy atom. The number of aliphatic hydroxyl groups excluding tert-OH is 1. The average molecular weight is 245 g/mol. The van der Waals surface area contributed by atoms with Crippen LogP contribution in [0, 0.1) is 11.3 Å². The number of rotatable bonds is 6. The predicted molar refractivity (Wildman–Crippen MR) is 64.3 cm³/mol. The van der Waals surface area contributed by atoms with Crippen molar-refractivity contribution >= 4 is 11.9 Å². The Labute approximate surface area is 103 Å². The van der Waals surface area contributed by atoms with E-state index in [-0.39, 0.29) is 17.9 Å². The minimum Gasteiger partial charge on any atom is -0.464 e. The fraction of sp³-hybridized carbons (Fsp3) is 0.833. The number of esters is 1. The van der Waals surface area contributed by atoms with E-state index in [1.54, 1.807) is 0 Å². The van der Waals surface area contributed by atoms with Gasteiger partial charge in [0, 0.05) is 0 Å². The molecule has 0 heterocycles. The molecule has 0 aliphatic heterocycles. The van der Waals surface area contributed by atoms with Gasteiger partial charge < -0.3 is 15.2 Å². The molecule has 0 aromatic carbocycles. The highest BCUT2D eigenvalue weighted by Gasteiger charge is 2.16. The van der Waals surface area contributed by atoms with E-state index in [9.17, 15) is 9.59 Å². The van der Waals surface area contributed by atoms with Crippen LogP contribution in [0.1, 0.15) is 34.1 Å². The lowest BCUT2D eigenvalue weighted by Crippen LogP contribution is -2.33. The molecule has 0 radical (unpaired) electrons. The van der Waals surface area contributed by atoms with Crippen LogP contribution in [0.15, 0.2) is 0 Å². The Bertz CT molecular complexity index is 258. The van der Waals surface area contributed by atoms with Crippen molar-refractivity contribution in [2.24, 2.45) is 11.3 Å². The zero-order valence-electron chi connectivity index (χ0n) is 11.1. The molecule has 2 N–H and O–H groups in total. The number of hydrogen-bond donors (Lipinski definition) is 2. The van der Waals surface area contributed by atoms with E-state index < -0.39 is 18.5 Å². The number of hydrogen-bond acceptors (Lipinski definition) is 4. The van der Waals surface area contributed by atoms with Crippen LogP contribution in [0.5, 0.6) is 0 Å². The lowest BCUT2D eigenvalue weighted by atomic mass is 9.86. The number of aliphatic hydroxyl groups is 1. The quantitative estimate of drug-likeness (QED) is 0.676. The molecule has 0 aliphatic carbocycles. The average Bonchev–Trinajstić information content (AvgIpc) is 2.20. The second-order valence-electron chi connectivity index (χ2n) is 5.49. The van der Waals surface area contributed by atoms with Gasteiger partial charge in [-0.05, 0) is 17.8 Å². The van der Waals surface area contributed by atoms with Gasteiger partial charge in [-0.15, -0.1) is 0 Å². The molecule has 1 amide bonds. The third-order valence-corrected chi connectivity index (χ3v) is 2.06. The van der Waals surface area contributed by atoms with Crippen molar-refractivity contribution in [3.05, 3.63) is 0 Å². The van der Waals surface area contributed by atoms with Gasteiger partial charge in [0.25, 0.3) is 0 Å². The minimum atomic E-state index is -0.617. The van der Waals surface area contributed by atoms with Crippen molar-refractivity contribution in [1.29, 1.82) is 0 Å². The maximum absolute atomic E-state index is 11.2. The Hall–Kier alpha value is -1.10.